The highest BCUT2D eigenvalue weighted by molar-refractivity contribution is 7.92. The molecule has 2 aromatic carbocycles. The minimum atomic E-state index is -3.79. The number of rotatable bonds is 5. The summed E-state index contributed by atoms with van der Waals surface area (Å²) in [6, 6.07) is 11.2. The number of amides is 2. The van der Waals surface area contributed by atoms with Crippen LogP contribution in [0.4, 0.5) is 10.1 Å². The van der Waals surface area contributed by atoms with Crippen molar-refractivity contribution in [2.45, 2.75) is 0 Å². The number of imide groups is 1. The second-order valence-corrected chi connectivity index (χ2v) is 7.08. The first-order chi connectivity index (χ1) is 11.4. The Morgan fingerprint density at radius 2 is 1.46 bits per heavy atom. The van der Waals surface area contributed by atoms with Crippen molar-refractivity contribution in [3.63, 3.8) is 0 Å². The van der Waals surface area contributed by atoms with Gasteiger partial charge >= 0.3 is 0 Å². The summed E-state index contributed by atoms with van der Waals surface area (Å²) in [7, 11) is -3.79. The van der Waals surface area contributed by atoms with Crippen molar-refractivity contribution < 1.29 is 22.4 Å². The predicted molar refractivity (Wildman–Crippen MR) is 85.6 cm³/mol. The Kier molecular flexibility index (Phi) is 4.06. The highest BCUT2D eigenvalue weighted by Crippen LogP contribution is 2.22. The van der Waals surface area contributed by atoms with Gasteiger partial charge in [0.05, 0.1) is 16.9 Å². The number of nitrogens with one attached hydrogen (secondary N) is 1. The van der Waals surface area contributed by atoms with E-state index in [1.807, 2.05) is 0 Å². The predicted octanol–water partition coefficient (Wildman–Crippen LogP) is 1.86. The molecule has 6 nitrogen and oxygen atoms in total. The minimum Gasteiger partial charge on any atom is -0.283 e. The average molecular weight is 348 g/mol. The summed E-state index contributed by atoms with van der Waals surface area (Å²) in [4.78, 5) is 25.2. The van der Waals surface area contributed by atoms with Gasteiger partial charge < -0.3 is 0 Å². The van der Waals surface area contributed by atoms with Gasteiger partial charge in [-0.2, -0.15) is 0 Å². The lowest BCUT2D eigenvalue weighted by Gasteiger charge is -2.14. The maximum atomic E-state index is 12.8. The highest BCUT2D eigenvalue weighted by Gasteiger charge is 2.35. The van der Waals surface area contributed by atoms with Crippen molar-refractivity contribution in [3.05, 3.63) is 65.5 Å². The zero-order valence-electron chi connectivity index (χ0n) is 12.4. The molecule has 24 heavy (non-hydrogen) atoms. The van der Waals surface area contributed by atoms with E-state index < -0.39 is 33.4 Å². The van der Waals surface area contributed by atoms with Crippen LogP contribution in [0.2, 0.25) is 0 Å². The van der Waals surface area contributed by atoms with Gasteiger partial charge in [0.1, 0.15) is 5.82 Å². The molecular weight excluding hydrogens is 335 g/mol. The van der Waals surface area contributed by atoms with Gasteiger partial charge in [-0.25, -0.2) is 12.8 Å². The van der Waals surface area contributed by atoms with E-state index in [4.69, 9.17) is 0 Å². The Morgan fingerprint density at radius 1 is 0.917 bits per heavy atom. The Balaban J connectivity index is 1.68. The fourth-order valence-corrected chi connectivity index (χ4v) is 3.42. The summed E-state index contributed by atoms with van der Waals surface area (Å²) >= 11 is 0. The van der Waals surface area contributed by atoms with Gasteiger partial charge in [-0.05, 0) is 36.4 Å². The number of carbonyl (C=O) groups is 2. The molecule has 3 rings (SSSR count). The standard InChI is InChI=1S/C16H13FN2O4S/c17-11-5-7-12(8-6-11)18-24(22,23)10-9-19-15(20)13-3-1-2-4-14(13)16(19)21/h1-8,18H,9-10H2. The third-order valence-corrected chi connectivity index (χ3v) is 4.85. The molecule has 0 atom stereocenters. The van der Waals surface area contributed by atoms with Gasteiger partial charge in [0.15, 0.2) is 0 Å². The molecule has 0 aromatic heterocycles. The fourth-order valence-electron chi connectivity index (χ4n) is 2.40. The molecule has 0 spiro atoms. The molecular formula is C16H13FN2O4S. The molecule has 124 valence electrons. The minimum absolute atomic E-state index is 0.207. The van der Waals surface area contributed by atoms with Crippen LogP contribution in [0.25, 0.3) is 0 Å². The largest absolute Gasteiger partial charge is 0.283 e. The van der Waals surface area contributed by atoms with E-state index in [0.717, 1.165) is 17.0 Å². The fraction of sp³-hybridized carbons (Fsp3) is 0.125. The van der Waals surface area contributed by atoms with Crippen LogP contribution in [0.5, 0.6) is 0 Å². The third kappa shape index (κ3) is 3.13. The van der Waals surface area contributed by atoms with Crippen LogP contribution < -0.4 is 4.72 Å². The topological polar surface area (TPSA) is 83.6 Å². The summed E-state index contributed by atoms with van der Waals surface area (Å²) < 4.78 is 39.3. The van der Waals surface area contributed by atoms with Crippen LogP contribution in [0.3, 0.4) is 0 Å². The van der Waals surface area contributed by atoms with E-state index in [2.05, 4.69) is 4.72 Å². The van der Waals surface area contributed by atoms with Crippen molar-refractivity contribution in [1.29, 1.82) is 0 Å². The van der Waals surface area contributed by atoms with Gasteiger partial charge in [-0.1, -0.05) is 12.1 Å². The molecule has 0 bridgehead atoms. The smallest absolute Gasteiger partial charge is 0.261 e. The molecule has 0 radical (unpaired) electrons. The van der Waals surface area contributed by atoms with E-state index in [0.29, 0.717) is 0 Å². The van der Waals surface area contributed by atoms with E-state index in [1.165, 1.54) is 24.3 Å². The molecule has 1 aliphatic rings. The molecule has 1 N–H and O–H groups in total. The summed E-state index contributed by atoms with van der Waals surface area (Å²) in [6.45, 7) is -0.261. The number of hydrogen-bond donors (Lipinski definition) is 1. The van der Waals surface area contributed by atoms with Gasteiger partial charge in [0.25, 0.3) is 11.8 Å². The van der Waals surface area contributed by atoms with E-state index in [1.54, 1.807) is 12.1 Å². The van der Waals surface area contributed by atoms with Crippen LogP contribution in [0.15, 0.2) is 48.5 Å². The van der Waals surface area contributed by atoms with Crippen LogP contribution in [0, 0.1) is 5.82 Å². The molecule has 2 amide bonds. The number of benzene rings is 2. The molecule has 0 saturated carbocycles. The van der Waals surface area contributed by atoms with E-state index in [-0.39, 0.29) is 23.4 Å². The number of sulfonamides is 1. The third-order valence-electron chi connectivity index (χ3n) is 3.58. The van der Waals surface area contributed by atoms with Gasteiger partial charge in [0, 0.05) is 12.2 Å². The molecule has 1 aliphatic heterocycles. The molecule has 2 aromatic rings. The summed E-state index contributed by atoms with van der Waals surface area (Å²) in [5, 5.41) is 0. The van der Waals surface area contributed by atoms with Crippen molar-refractivity contribution in [1.82, 2.24) is 4.90 Å². The SMILES string of the molecule is O=C1c2ccccc2C(=O)N1CCS(=O)(=O)Nc1ccc(F)cc1. The first-order valence-corrected chi connectivity index (χ1v) is 8.74. The Bertz CT molecular complexity index is 875. The second-order valence-electron chi connectivity index (χ2n) is 5.24. The molecule has 1 heterocycles. The van der Waals surface area contributed by atoms with Crippen LogP contribution in [0.1, 0.15) is 20.7 Å². The van der Waals surface area contributed by atoms with Gasteiger partial charge in [0.2, 0.25) is 10.0 Å². The molecule has 0 unspecified atom stereocenters. The number of anilines is 1. The van der Waals surface area contributed by atoms with Crippen LogP contribution in [-0.2, 0) is 10.0 Å². The molecule has 0 fully saturated rings. The first kappa shape index (κ1) is 16.1. The lowest BCUT2D eigenvalue weighted by molar-refractivity contribution is 0.0664. The summed E-state index contributed by atoms with van der Waals surface area (Å²) in [5.41, 5.74) is 0.747. The maximum absolute atomic E-state index is 12.8. The van der Waals surface area contributed by atoms with Crippen molar-refractivity contribution in [2.24, 2.45) is 0 Å². The van der Waals surface area contributed by atoms with Crippen LogP contribution >= 0.6 is 0 Å². The normalized spacial score (nSPS) is 14.0. The monoisotopic (exact) mass is 348 g/mol. The van der Waals surface area contributed by atoms with E-state index >= 15 is 0 Å². The number of hydrogen-bond acceptors (Lipinski definition) is 4. The quantitative estimate of drug-likeness (QED) is 0.836. The highest BCUT2D eigenvalue weighted by atomic mass is 32.2. The van der Waals surface area contributed by atoms with Crippen molar-refractivity contribution in [3.8, 4) is 0 Å². The average Bonchev–Trinajstić information content (AvgIpc) is 2.79. The zero-order valence-corrected chi connectivity index (χ0v) is 13.2. The Labute approximate surface area is 138 Å². The number of nitrogens with zero attached hydrogens (tertiary/aromatic N) is 1. The van der Waals surface area contributed by atoms with E-state index in [9.17, 15) is 22.4 Å². The zero-order chi connectivity index (χ0) is 17.3. The molecule has 8 heteroatoms. The van der Waals surface area contributed by atoms with Crippen molar-refractivity contribution in [2.75, 3.05) is 17.0 Å². The molecule has 0 aliphatic carbocycles. The lowest BCUT2D eigenvalue weighted by atomic mass is 10.1. The Morgan fingerprint density at radius 3 is 2.00 bits per heavy atom. The maximum Gasteiger partial charge on any atom is 0.261 e. The summed E-state index contributed by atoms with van der Waals surface area (Å²) in [6.07, 6.45) is 0. The van der Waals surface area contributed by atoms with Gasteiger partial charge in [-0.3, -0.25) is 19.2 Å². The summed E-state index contributed by atoms with van der Waals surface area (Å²) in [5.74, 6) is -1.94. The number of halogens is 1. The van der Waals surface area contributed by atoms with Crippen molar-refractivity contribution >= 4 is 27.5 Å². The lowest BCUT2D eigenvalue weighted by Crippen LogP contribution is -2.35. The number of carbonyl (C=O) groups excluding carboxylic acids is 2. The number of fused-ring (bicyclic) bond motifs is 1. The Hall–Kier alpha value is -2.74. The second kappa shape index (κ2) is 6.04. The van der Waals surface area contributed by atoms with Crippen LogP contribution in [-0.4, -0.2) is 37.4 Å². The molecule has 0 saturated heterocycles. The first-order valence-electron chi connectivity index (χ1n) is 7.09. The van der Waals surface area contributed by atoms with Gasteiger partial charge in [-0.15, -0.1) is 0 Å².